The van der Waals surface area contributed by atoms with Gasteiger partial charge in [0, 0.05) is 0 Å². The van der Waals surface area contributed by atoms with E-state index in [1.165, 1.54) is 4.68 Å². The molecule has 2 aromatic rings. The lowest BCUT2D eigenvalue weighted by Crippen LogP contribution is -2.12. The predicted octanol–water partition coefficient (Wildman–Crippen LogP) is 2.48. The van der Waals surface area contributed by atoms with E-state index in [-0.39, 0.29) is 16.9 Å². The van der Waals surface area contributed by atoms with Gasteiger partial charge in [-0.1, -0.05) is 32.9 Å². The van der Waals surface area contributed by atoms with Gasteiger partial charge < -0.3 is 5.11 Å². The fraction of sp³-hybridized carbons (Fsp3) is 0.357. The van der Waals surface area contributed by atoms with Crippen LogP contribution in [0.5, 0.6) is 5.88 Å². The van der Waals surface area contributed by atoms with Crippen molar-refractivity contribution in [2.24, 2.45) is 0 Å². The minimum atomic E-state index is -0.270. The van der Waals surface area contributed by atoms with Crippen LogP contribution in [0.3, 0.4) is 0 Å². The molecule has 4 nitrogen and oxygen atoms in total. The van der Waals surface area contributed by atoms with Crippen LogP contribution in [0.4, 0.5) is 0 Å². The molecule has 0 aliphatic rings. The molecule has 0 aliphatic carbocycles. The Morgan fingerprint density at radius 1 is 1.28 bits per heavy atom. The van der Waals surface area contributed by atoms with Gasteiger partial charge in [0.25, 0.3) is 5.56 Å². The third-order valence-corrected chi connectivity index (χ3v) is 3.07. The quantitative estimate of drug-likeness (QED) is 0.812. The van der Waals surface area contributed by atoms with Crippen LogP contribution < -0.4 is 5.56 Å². The lowest BCUT2D eigenvalue weighted by Gasteiger charge is -2.19. The second kappa shape index (κ2) is 4.05. The second-order valence-corrected chi connectivity index (χ2v) is 5.53. The molecule has 2 N–H and O–H groups in total. The Balaban J connectivity index is 2.58. The van der Waals surface area contributed by atoms with Crippen LogP contribution in [-0.2, 0) is 5.41 Å². The zero-order valence-electron chi connectivity index (χ0n) is 11.1. The van der Waals surface area contributed by atoms with Crippen LogP contribution in [0.1, 0.15) is 31.9 Å². The molecule has 0 amide bonds. The molecule has 0 fully saturated rings. The van der Waals surface area contributed by atoms with Gasteiger partial charge in [-0.2, -0.15) is 0 Å². The van der Waals surface area contributed by atoms with Gasteiger partial charge in [0.15, 0.2) is 0 Å². The highest BCUT2D eigenvalue weighted by molar-refractivity contribution is 5.41. The Labute approximate surface area is 106 Å². The van der Waals surface area contributed by atoms with Gasteiger partial charge in [-0.3, -0.25) is 9.89 Å². The van der Waals surface area contributed by atoms with E-state index in [2.05, 4.69) is 25.9 Å². The zero-order chi connectivity index (χ0) is 13.5. The smallest absolute Gasteiger partial charge is 0.271 e. The molecule has 0 saturated heterocycles. The summed E-state index contributed by atoms with van der Waals surface area (Å²) in [7, 11) is 0. The number of aromatic hydroxyl groups is 1. The first-order valence-corrected chi connectivity index (χ1v) is 5.92. The maximum absolute atomic E-state index is 11.5. The summed E-state index contributed by atoms with van der Waals surface area (Å²) in [6.45, 7) is 7.96. The van der Waals surface area contributed by atoms with E-state index in [0.29, 0.717) is 5.56 Å². The van der Waals surface area contributed by atoms with Crippen LogP contribution >= 0.6 is 0 Å². The van der Waals surface area contributed by atoms with Crippen molar-refractivity contribution < 1.29 is 5.11 Å². The highest BCUT2D eigenvalue weighted by Crippen LogP contribution is 2.25. The molecule has 0 saturated carbocycles. The number of aromatic nitrogens is 2. The molecular formula is C14H18N2O2. The van der Waals surface area contributed by atoms with E-state index < -0.39 is 0 Å². The summed E-state index contributed by atoms with van der Waals surface area (Å²) in [4.78, 5) is 11.5. The fourth-order valence-corrected chi connectivity index (χ4v) is 1.81. The van der Waals surface area contributed by atoms with Gasteiger partial charge >= 0.3 is 0 Å². The van der Waals surface area contributed by atoms with Crippen molar-refractivity contribution >= 4 is 0 Å². The molecule has 1 aromatic heterocycles. The summed E-state index contributed by atoms with van der Waals surface area (Å²) >= 11 is 0. The molecule has 18 heavy (non-hydrogen) atoms. The van der Waals surface area contributed by atoms with E-state index in [0.717, 1.165) is 11.3 Å². The van der Waals surface area contributed by atoms with Crippen LogP contribution in [0.25, 0.3) is 5.69 Å². The molecule has 0 spiro atoms. The van der Waals surface area contributed by atoms with Crippen molar-refractivity contribution in [1.29, 1.82) is 0 Å². The molecule has 96 valence electrons. The number of hydrogen-bond donors (Lipinski definition) is 2. The largest absolute Gasteiger partial charge is 0.493 e. The van der Waals surface area contributed by atoms with Gasteiger partial charge in [0.1, 0.15) is 0 Å². The minimum Gasteiger partial charge on any atom is -0.493 e. The summed E-state index contributed by atoms with van der Waals surface area (Å²) in [6.07, 6.45) is 0. The third kappa shape index (κ3) is 2.06. The molecule has 2 rings (SSSR count). The molecule has 4 heteroatoms. The van der Waals surface area contributed by atoms with Crippen LogP contribution in [-0.4, -0.2) is 14.9 Å². The molecular weight excluding hydrogens is 228 g/mol. The summed E-state index contributed by atoms with van der Waals surface area (Å²) in [5.41, 5.74) is 1.98. The second-order valence-electron chi connectivity index (χ2n) is 5.53. The number of benzene rings is 1. The van der Waals surface area contributed by atoms with E-state index >= 15 is 0 Å². The van der Waals surface area contributed by atoms with Crippen molar-refractivity contribution in [2.45, 2.75) is 33.1 Å². The Hall–Kier alpha value is -1.97. The topological polar surface area (TPSA) is 58.0 Å². The maximum atomic E-state index is 11.5. The predicted molar refractivity (Wildman–Crippen MR) is 71.5 cm³/mol. The number of nitrogens with one attached hydrogen (secondary N) is 1. The Morgan fingerprint density at radius 3 is 2.44 bits per heavy atom. The van der Waals surface area contributed by atoms with Crippen molar-refractivity contribution in [2.75, 3.05) is 0 Å². The van der Waals surface area contributed by atoms with Crippen molar-refractivity contribution in [3.8, 4) is 11.6 Å². The van der Waals surface area contributed by atoms with E-state index in [4.69, 9.17) is 0 Å². The molecule has 0 aliphatic heterocycles. The van der Waals surface area contributed by atoms with Gasteiger partial charge in [0.05, 0.1) is 11.3 Å². The standard InChI is InChI=1S/C14H18N2O2/c1-9-12(17)15-16(13(9)18)11-7-5-6-10(8-11)14(2,3)4/h5-8,18H,1-4H3,(H,15,17). The summed E-state index contributed by atoms with van der Waals surface area (Å²) in [5.74, 6) is -0.0361. The summed E-state index contributed by atoms with van der Waals surface area (Å²) < 4.78 is 1.41. The molecule has 1 aromatic carbocycles. The molecule has 0 unspecified atom stereocenters. The van der Waals surface area contributed by atoms with Crippen LogP contribution in [0.2, 0.25) is 0 Å². The number of nitrogens with zero attached hydrogens (tertiary/aromatic N) is 1. The van der Waals surface area contributed by atoms with Crippen molar-refractivity contribution in [3.63, 3.8) is 0 Å². The summed E-state index contributed by atoms with van der Waals surface area (Å²) in [5, 5.41) is 12.5. The molecule has 0 bridgehead atoms. The molecule has 0 radical (unpaired) electrons. The van der Waals surface area contributed by atoms with E-state index in [1.54, 1.807) is 6.92 Å². The van der Waals surface area contributed by atoms with Gasteiger partial charge in [-0.15, -0.1) is 0 Å². The third-order valence-electron chi connectivity index (χ3n) is 3.07. The molecule has 0 atom stereocenters. The highest BCUT2D eigenvalue weighted by atomic mass is 16.3. The molecule has 1 heterocycles. The number of H-pyrrole nitrogens is 1. The average molecular weight is 246 g/mol. The maximum Gasteiger partial charge on any atom is 0.271 e. The minimum absolute atomic E-state index is 0.0219. The lowest BCUT2D eigenvalue weighted by atomic mass is 9.87. The van der Waals surface area contributed by atoms with E-state index in [1.807, 2.05) is 24.3 Å². The van der Waals surface area contributed by atoms with Gasteiger partial charge in [0.2, 0.25) is 5.88 Å². The van der Waals surface area contributed by atoms with Gasteiger partial charge in [-0.25, -0.2) is 4.68 Å². The first-order valence-electron chi connectivity index (χ1n) is 5.92. The van der Waals surface area contributed by atoms with Crippen molar-refractivity contribution in [1.82, 2.24) is 9.78 Å². The monoisotopic (exact) mass is 246 g/mol. The zero-order valence-corrected chi connectivity index (χ0v) is 11.1. The summed E-state index contributed by atoms with van der Waals surface area (Å²) in [6, 6.07) is 7.78. The number of hydrogen-bond acceptors (Lipinski definition) is 2. The lowest BCUT2D eigenvalue weighted by molar-refractivity contribution is 0.430. The first-order chi connectivity index (χ1) is 8.30. The fourth-order valence-electron chi connectivity index (χ4n) is 1.81. The number of rotatable bonds is 1. The highest BCUT2D eigenvalue weighted by Gasteiger charge is 2.16. The normalized spacial score (nSPS) is 11.8. The van der Waals surface area contributed by atoms with Gasteiger partial charge in [-0.05, 0) is 30.0 Å². The van der Waals surface area contributed by atoms with Crippen LogP contribution in [0.15, 0.2) is 29.1 Å². The van der Waals surface area contributed by atoms with E-state index in [9.17, 15) is 9.90 Å². The Bertz CT molecular complexity index is 630. The van der Waals surface area contributed by atoms with Crippen molar-refractivity contribution in [3.05, 3.63) is 45.7 Å². The average Bonchev–Trinajstić information content (AvgIpc) is 2.56. The number of aromatic amines is 1. The Kier molecular flexibility index (Phi) is 2.81. The SMILES string of the molecule is Cc1c(O)n(-c2cccc(C(C)(C)C)c2)[nH]c1=O. The Morgan fingerprint density at radius 2 is 1.94 bits per heavy atom. The first kappa shape index (κ1) is 12.5. The van der Waals surface area contributed by atoms with Crippen LogP contribution in [0, 0.1) is 6.92 Å².